The molecule has 1 aliphatic rings. The van der Waals surface area contributed by atoms with Crippen molar-refractivity contribution in [3.63, 3.8) is 0 Å². The molecule has 1 aliphatic carbocycles. The third-order valence-corrected chi connectivity index (χ3v) is 7.29. The van der Waals surface area contributed by atoms with Gasteiger partial charge in [0.25, 0.3) is 0 Å². The molecule has 8 nitrogen and oxygen atoms in total. The van der Waals surface area contributed by atoms with Gasteiger partial charge >= 0.3 is 0 Å². The number of fused-ring (bicyclic) bond motifs is 1. The normalized spacial score (nSPS) is 13.5. The van der Waals surface area contributed by atoms with Gasteiger partial charge in [0.1, 0.15) is 41.0 Å². The van der Waals surface area contributed by atoms with Gasteiger partial charge in [0.05, 0.1) is 11.2 Å². The number of benzene rings is 3. The fraction of sp³-hybridized carbons (Fsp3) is 0.161. The molecule has 2 amide bonds. The second-order valence-electron chi connectivity index (χ2n) is 10.1. The van der Waals surface area contributed by atoms with Crippen LogP contribution in [0.2, 0.25) is 0 Å². The lowest BCUT2D eigenvalue weighted by molar-refractivity contribution is -0.131. The van der Waals surface area contributed by atoms with E-state index in [-0.39, 0.29) is 25.0 Å². The fourth-order valence-corrected chi connectivity index (χ4v) is 4.73. The first kappa shape index (κ1) is 27.0. The van der Waals surface area contributed by atoms with Gasteiger partial charge < -0.3 is 20.4 Å². The average molecular weight is 572 g/mol. The molecular weight excluding hydrogens is 547 g/mol. The predicted molar refractivity (Wildman–Crippen MR) is 150 cm³/mol. The summed E-state index contributed by atoms with van der Waals surface area (Å²) in [6.45, 7) is 1.65. The molecule has 0 saturated heterocycles. The van der Waals surface area contributed by atoms with Crippen LogP contribution in [0.5, 0.6) is 5.75 Å². The number of carbonyl (C=O) groups is 2. The first-order valence-corrected chi connectivity index (χ1v) is 13.1. The first-order valence-electron chi connectivity index (χ1n) is 13.1. The highest BCUT2D eigenvalue weighted by Gasteiger charge is 2.56. The van der Waals surface area contributed by atoms with E-state index in [1.165, 1.54) is 24.3 Å². The van der Waals surface area contributed by atoms with E-state index in [0.29, 0.717) is 28.2 Å². The Hall–Kier alpha value is -5.19. The topological polar surface area (TPSA) is 109 Å². The SMILES string of the molecule is Cc1cc2c(OCc3cc(F)c(NC(=O)C4(C(=O)Nc5ccc(F)cc5)CC4)cc3F)ccnc2cc1-c1ncc[nH]1. The number of anilines is 2. The first-order chi connectivity index (χ1) is 20.2. The van der Waals surface area contributed by atoms with E-state index in [1.807, 2.05) is 19.1 Å². The maximum absolute atomic E-state index is 15.0. The Morgan fingerprint density at radius 3 is 2.40 bits per heavy atom. The maximum Gasteiger partial charge on any atom is 0.240 e. The van der Waals surface area contributed by atoms with Crippen LogP contribution in [0.15, 0.2) is 73.2 Å². The standard InChI is InChI=1S/C31H24F3N5O3/c1-17-12-22-25(14-21(17)28-36-10-11-37-28)35-9-6-27(22)42-16-18-13-24(34)26(15-23(18)33)39-30(41)31(7-8-31)29(40)38-20-4-2-19(32)3-5-20/h2-6,9-15H,7-8,16H2,1H3,(H,36,37)(H,38,40)(H,39,41). The lowest BCUT2D eigenvalue weighted by atomic mass is 10.0. The third-order valence-electron chi connectivity index (χ3n) is 7.29. The van der Waals surface area contributed by atoms with Crippen LogP contribution >= 0.6 is 0 Å². The lowest BCUT2D eigenvalue weighted by Gasteiger charge is -2.17. The second kappa shape index (κ2) is 10.7. The molecule has 0 unspecified atom stereocenters. The van der Waals surface area contributed by atoms with Crippen LogP contribution in [0.25, 0.3) is 22.3 Å². The van der Waals surface area contributed by atoms with Crippen LogP contribution < -0.4 is 15.4 Å². The van der Waals surface area contributed by atoms with Crippen LogP contribution in [-0.2, 0) is 16.2 Å². The summed E-state index contributed by atoms with van der Waals surface area (Å²) in [5.41, 5.74) is 0.892. The number of pyridine rings is 1. The number of H-pyrrole nitrogens is 1. The summed E-state index contributed by atoms with van der Waals surface area (Å²) in [5, 5.41) is 5.62. The molecular formula is C31H24F3N5O3. The molecule has 11 heteroatoms. The number of amides is 2. The smallest absolute Gasteiger partial charge is 0.240 e. The minimum Gasteiger partial charge on any atom is -0.488 e. The van der Waals surface area contributed by atoms with E-state index in [2.05, 4.69) is 25.6 Å². The Balaban J connectivity index is 1.15. The highest BCUT2D eigenvalue weighted by atomic mass is 19.1. The number of nitrogens with one attached hydrogen (secondary N) is 3. The van der Waals surface area contributed by atoms with Crippen molar-refractivity contribution < 1.29 is 27.5 Å². The second-order valence-corrected chi connectivity index (χ2v) is 10.1. The molecule has 2 heterocycles. The molecule has 2 aromatic heterocycles. The molecule has 1 saturated carbocycles. The summed E-state index contributed by atoms with van der Waals surface area (Å²) >= 11 is 0. The maximum atomic E-state index is 15.0. The molecule has 6 rings (SSSR count). The molecule has 0 spiro atoms. The average Bonchev–Trinajstić information content (AvgIpc) is 3.62. The molecule has 212 valence electrons. The summed E-state index contributed by atoms with van der Waals surface area (Å²) < 4.78 is 49.1. The Morgan fingerprint density at radius 2 is 1.69 bits per heavy atom. The zero-order valence-corrected chi connectivity index (χ0v) is 22.3. The van der Waals surface area contributed by atoms with Crippen molar-refractivity contribution in [1.29, 1.82) is 0 Å². The number of imidazole rings is 1. The third kappa shape index (κ3) is 5.16. The number of nitrogens with zero attached hydrogens (tertiary/aromatic N) is 2. The molecule has 0 atom stereocenters. The van der Waals surface area contributed by atoms with Crippen LogP contribution in [-0.4, -0.2) is 26.8 Å². The number of aromatic amines is 1. The van der Waals surface area contributed by atoms with Crippen molar-refractivity contribution in [3.05, 3.63) is 102 Å². The van der Waals surface area contributed by atoms with E-state index in [4.69, 9.17) is 4.74 Å². The molecule has 42 heavy (non-hydrogen) atoms. The number of carbonyl (C=O) groups excluding carboxylic acids is 2. The van der Waals surface area contributed by atoms with Gasteiger partial charge in [0.15, 0.2) is 0 Å². The van der Waals surface area contributed by atoms with Gasteiger partial charge in [-0.15, -0.1) is 0 Å². The summed E-state index contributed by atoms with van der Waals surface area (Å²) in [4.78, 5) is 37.5. The number of aryl methyl sites for hydroxylation is 1. The quantitative estimate of drug-likeness (QED) is 0.190. The summed E-state index contributed by atoms with van der Waals surface area (Å²) in [5.74, 6) is -2.35. The van der Waals surface area contributed by atoms with Gasteiger partial charge in [-0.2, -0.15) is 0 Å². The van der Waals surface area contributed by atoms with E-state index in [0.717, 1.165) is 23.3 Å². The molecule has 0 bridgehead atoms. The molecule has 3 N–H and O–H groups in total. The van der Waals surface area contributed by atoms with Crippen LogP contribution in [0.1, 0.15) is 24.0 Å². The Kier molecular flexibility index (Phi) is 6.85. The summed E-state index contributed by atoms with van der Waals surface area (Å²) in [6, 6.07) is 12.3. The van der Waals surface area contributed by atoms with Gasteiger partial charge in [-0.05, 0) is 73.9 Å². The van der Waals surface area contributed by atoms with Gasteiger partial charge in [0, 0.05) is 46.9 Å². The van der Waals surface area contributed by atoms with Crippen LogP contribution in [0.4, 0.5) is 24.5 Å². The fourth-order valence-electron chi connectivity index (χ4n) is 4.73. The van der Waals surface area contributed by atoms with Crippen molar-refractivity contribution >= 4 is 34.1 Å². The molecule has 5 aromatic rings. The van der Waals surface area contributed by atoms with Crippen molar-refractivity contribution in [1.82, 2.24) is 15.0 Å². The zero-order chi connectivity index (χ0) is 29.4. The van der Waals surface area contributed by atoms with E-state index < -0.39 is 40.4 Å². The minimum absolute atomic E-state index is 0.0606. The number of rotatable bonds is 8. The van der Waals surface area contributed by atoms with Crippen LogP contribution in [0, 0.1) is 29.8 Å². The predicted octanol–water partition coefficient (Wildman–Crippen LogP) is 6.29. The summed E-state index contributed by atoms with van der Waals surface area (Å²) in [6.07, 6.45) is 5.43. The van der Waals surface area contributed by atoms with Gasteiger partial charge in [-0.3, -0.25) is 14.6 Å². The number of hydrogen-bond acceptors (Lipinski definition) is 5. The minimum atomic E-state index is -1.42. The Labute approximate surface area is 238 Å². The van der Waals surface area contributed by atoms with Crippen molar-refractivity contribution in [3.8, 4) is 17.1 Å². The van der Waals surface area contributed by atoms with Crippen molar-refractivity contribution in [2.45, 2.75) is 26.4 Å². The number of halogens is 3. The number of ether oxygens (including phenoxy) is 1. The lowest BCUT2D eigenvalue weighted by Crippen LogP contribution is -2.35. The molecule has 3 aromatic carbocycles. The number of hydrogen-bond donors (Lipinski definition) is 3. The molecule has 0 aliphatic heterocycles. The van der Waals surface area contributed by atoms with Gasteiger partial charge in [0.2, 0.25) is 11.8 Å². The van der Waals surface area contributed by atoms with Gasteiger partial charge in [-0.1, -0.05) is 0 Å². The number of aromatic nitrogens is 3. The molecule has 1 fully saturated rings. The van der Waals surface area contributed by atoms with E-state index in [1.54, 1.807) is 24.7 Å². The molecule has 0 radical (unpaired) electrons. The Morgan fingerprint density at radius 1 is 0.929 bits per heavy atom. The zero-order valence-electron chi connectivity index (χ0n) is 22.3. The monoisotopic (exact) mass is 571 g/mol. The summed E-state index contributed by atoms with van der Waals surface area (Å²) in [7, 11) is 0. The van der Waals surface area contributed by atoms with Gasteiger partial charge in [-0.25, -0.2) is 18.2 Å². The van der Waals surface area contributed by atoms with E-state index in [9.17, 15) is 14.0 Å². The highest BCUT2D eigenvalue weighted by molar-refractivity contribution is 6.17. The van der Waals surface area contributed by atoms with Crippen LogP contribution in [0.3, 0.4) is 0 Å². The highest BCUT2D eigenvalue weighted by Crippen LogP contribution is 2.47. The Bertz CT molecular complexity index is 1820. The van der Waals surface area contributed by atoms with E-state index >= 15 is 8.78 Å². The van der Waals surface area contributed by atoms with Crippen molar-refractivity contribution in [2.24, 2.45) is 5.41 Å². The van der Waals surface area contributed by atoms with Crippen molar-refractivity contribution in [2.75, 3.05) is 10.6 Å². The largest absolute Gasteiger partial charge is 0.488 e.